The molecule has 2 amide bonds. The van der Waals surface area contributed by atoms with E-state index < -0.39 is 12.0 Å². The van der Waals surface area contributed by atoms with Crippen molar-refractivity contribution < 1.29 is 28.5 Å². The molecule has 40 heavy (non-hydrogen) atoms. The summed E-state index contributed by atoms with van der Waals surface area (Å²) in [6.07, 6.45) is 1.77. The number of piperazine rings is 1. The van der Waals surface area contributed by atoms with Crippen molar-refractivity contribution in [2.45, 2.75) is 12.0 Å². The summed E-state index contributed by atoms with van der Waals surface area (Å²) in [7, 11) is 7.93. The number of benzene rings is 2. The first-order valence-corrected chi connectivity index (χ1v) is 13.1. The van der Waals surface area contributed by atoms with Crippen LogP contribution in [0.5, 0.6) is 23.0 Å². The van der Waals surface area contributed by atoms with Gasteiger partial charge in [0, 0.05) is 45.0 Å². The number of amides is 2. The Morgan fingerprint density at radius 2 is 1.48 bits per heavy atom. The minimum Gasteiger partial charge on any atom is -0.493 e. The predicted octanol–water partition coefficient (Wildman–Crippen LogP) is 3.38. The van der Waals surface area contributed by atoms with Gasteiger partial charge in [-0.25, -0.2) is 4.98 Å². The summed E-state index contributed by atoms with van der Waals surface area (Å²) in [5.41, 5.74) is 1.79. The molecule has 210 valence electrons. The number of anilines is 1. The number of rotatable bonds is 7. The average molecular weight is 547 g/mol. The fraction of sp³-hybridized carbons (Fsp3) is 0.367. The lowest BCUT2D eigenvalue weighted by Gasteiger charge is -2.43. The van der Waals surface area contributed by atoms with Gasteiger partial charge in [0.1, 0.15) is 5.82 Å². The van der Waals surface area contributed by atoms with Gasteiger partial charge in [-0.15, -0.1) is 0 Å². The molecule has 3 heterocycles. The molecule has 0 N–H and O–H groups in total. The number of carbonyl (C=O) groups excluding carboxylic acids is 2. The topological polar surface area (TPSA) is 93.7 Å². The summed E-state index contributed by atoms with van der Waals surface area (Å²) in [5.74, 6) is 1.92. The fourth-order valence-electron chi connectivity index (χ4n) is 5.66. The average Bonchev–Trinajstić information content (AvgIpc) is 3.01. The fourth-order valence-corrected chi connectivity index (χ4v) is 5.66. The molecule has 10 heteroatoms. The van der Waals surface area contributed by atoms with Crippen LogP contribution in [0.1, 0.15) is 33.4 Å². The second-order valence-corrected chi connectivity index (χ2v) is 9.75. The Morgan fingerprint density at radius 1 is 0.825 bits per heavy atom. The molecule has 2 aliphatic heterocycles. The number of carbonyl (C=O) groups is 2. The van der Waals surface area contributed by atoms with Gasteiger partial charge in [0.05, 0.1) is 40.4 Å². The molecule has 2 atom stereocenters. The SMILES string of the molecule is COc1ccc([C@@H]2[C@@H](C(=O)N3CCN(c4ccccn4)CC3)c3cc(OC)c(OC)cc3C(=O)N2C)cc1OC. The first kappa shape index (κ1) is 27.1. The molecule has 0 bridgehead atoms. The highest BCUT2D eigenvalue weighted by atomic mass is 16.5. The van der Waals surface area contributed by atoms with Gasteiger partial charge in [-0.05, 0) is 47.5 Å². The van der Waals surface area contributed by atoms with Crippen molar-refractivity contribution in [2.24, 2.45) is 0 Å². The third-order valence-corrected chi connectivity index (χ3v) is 7.75. The molecular weight excluding hydrogens is 512 g/mol. The Bertz CT molecular complexity index is 1390. The monoisotopic (exact) mass is 546 g/mol. The van der Waals surface area contributed by atoms with E-state index in [4.69, 9.17) is 18.9 Å². The number of hydrogen-bond donors (Lipinski definition) is 0. The van der Waals surface area contributed by atoms with E-state index in [9.17, 15) is 9.59 Å². The summed E-state index contributed by atoms with van der Waals surface area (Å²) < 4.78 is 22.1. The van der Waals surface area contributed by atoms with Crippen molar-refractivity contribution >= 4 is 17.6 Å². The molecule has 0 unspecified atom stereocenters. The van der Waals surface area contributed by atoms with Crippen LogP contribution in [-0.2, 0) is 4.79 Å². The van der Waals surface area contributed by atoms with Crippen LogP contribution >= 0.6 is 0 Å². The molecule has 0 radical (unpaired) electrons. The molecule has 1 saturated heterocycles. The third-order valence-electron chi connectivity index (χ3n) is 7.75. The standard InChI is InChI=1S/C30H34N4O6/c1-32-28(19-9-10-22(37-2)23(16-19)38-3)27(20-17-24(39-4)25(40-5)18-21(20)29(32)35)30(36)34-14-12-33(13-15-34)26-8-6-7-11-31-26/h6-11,16-18,27-28H,12-15H2,1-5H3/t27-,28+/m0/s1. The molecule has 1 fully saturated rings. The summed E-state index contributed by atoms with van der Waals surface area (Å²) >= 11 is 0. The Labute approximate surface area is 234 Å². The second kappa shape index (κ2) is 11.3. The van der Waals surface area contributed by atoms with E-state index in [1.165, 1.54) is 7.11 Å². The minimum absolute atomic E-state index is 0.0618. The first-order valence-electron chi connectivity index (χ1n) is 13.1. The third kappa shape index (κ3) is 4.74. The van der Waals surface area contributed by atoms with Crippen molar-refractivity contribution in [2.75, 3.05) is 66.6 Å². The van der Waals surface area contributed by atoms with E-state index in [0.717, 1.165) is 11.4 Å². The van der Waals surface area contributed by atoms with E-state index >= 15 is 0 Å². The van der Waals surface area contributed by atoms with Crippen LogP contribution in [0.25, 0.3) is 0 Å². The van der Waals surface area contributed by atoms with Gasteiger partial charge in [0.15, 0.2) is 23.0 Å². The van der Waals surface area contributed by atoms with Gasteiger partial charge in [-0.1, -0.05) is 12.1 Å². The minimum atomic E-state index is -0.683. The van der Waals surface area contributed by atoms with Gasteiger partial charge < -0.3 is 33.6 Å². The van der Waals surface area contributed by atoms with Crippen molar-refractivity contribution in [1.82, 2.24) is 14.8 Å². The Balaban J connectivity index is 1.57. The number of aromatic nitrogens is 1. The zero-order valence-corrected chi connectivity index (χ0v) is 23.4. The van der Waals surface area contributed by atoms with Gasteiger partial charge in [0.2, 0.25) is 5.91 Å². The normalized spacial score (nSPS) is 18.7. The highest BCUT2D eigenvalue weighted by molar-refractivity contribution is 6.02. The zero-order chi connectivity index (χ0) is 28.4. The van der Waals surface area contributed by atoms with Gasteiger partial charge in [-0.2, -0.15) is 0 Å². The van der Waals surface area contributed by atoms with Crippen LogP contribution in [-0.4, -0.2) is 88.3 Å². The smallest absolute Gasteiger partial charge is 0.254 e. The van der Waals surface area contributed by atoms with Crippen LogP contribution in [0.4, 0.5) is 5.82 Å². The van der Waals surface area contributed by atoms with Crippen LogP contribution in [0.3, 0.4) is 0 Å². The maximum Gasteiger partial charge on any atom is 0.254 e. The Hall–Kier alpha value is -4.47. The highest BCUT2D eigenvalue weighted by Gasteiger charge is 2.45. The van der Waals surface area contributed by atoms with Gasteiger partial charge in [-0.3, -0.25) is 9.59 Å². The lowest BCUT2D eigenvalue weighted by molar-refractivity contribution is -0.134. The van der Waals surface area contributed by atoms with E-state index in [1.54, 1.807) is 57.7 Å². The lowest BCUT2D eigenvalue weighted by Crippen LogP contribution is -2.53. The summed E-state index contributed by atoms with van der Waals surface area (Å²) in [4.78, 5) is 38.3. The van der Waals surface area contributed by atoms with Crippen LogP contribution < -0.4 is 23.8 Å². The maximum absolute atomic E-state index is 14.5. The quantitative estimate of drug-likeness (QED) is 0.445. The number of methoxy groups -OCH3 is 4. The number of pyridine rings is 1. The van der Waals surface area contributed by atoms with Crippen molar-refractivity contribution in [3.8, 4) is 23.0 Å². The van der Waals surface area contributed by atoms with Gasteiger partial charge in [0.25, 0.3) is 5.91 Å². The number of fused-ring (bicyclic) bond motifs is 1. The summed E-state index contributed by atoms with van der Waals surface area (Å²) in [6, 6.07) is 14.2. The highest BCUT2D eigenvalue weighted by Crippen LogP contribution is 2.47. The number of ether oxygens (including phenoxy) is 4. The van der Waals surface area contributed by atoms with E-state index in [-0.39, 0.29) is 11.8 Å². The molecule has 1 aromatic heterocycles. The number of hydrogen-bond acceptors (Lipinski definition) is 8. The van der Waals surface area contributed by atoms with Crippen LogP contribution in [0.2, 0.25) is 0 Å². The van der Waals surface area contributed by atoms with Gasteiger partial charge >= 0.3 is 0 Å². The molecule has 0 saturated carbocycles. The lowest BCUT2D eigenvalue weighted by atomic mass is 9.78. The number of nitrogens with zero attached hydrogens (tertiary/aromatic N) is 4. The molecule has 10 nitrogen and oxygen atoms in total. The van der Waals surface area contributed by atoms with Crippen LogP contribution in [0, 0.1) is 0 Å². The van der Waals surface area contributed by atoms with E-state index in [0.29, 0.717) is 60.3 Å². The predicted molar refractivity (Wildman–Crippen MR) is 150 cm³/mol. The molecule has 2 aliphatic rings. The molecular formula is C30H34N4O6. The van der Waals surface area contributed by atoms with E-state index in [2.05, 4.69) is 9.88 Å². The largest absolute Gasteiger partial charge is 0.493 e. The number of likely N-dealkylation sites (N-methyl/N-ethyl adjacent to an activating group) is 1. The van der Waals surface area contributed by atoms with Crippen molar-refractivity contribution in [3.63, 3.8) is 0 Å². The second-order valence-electron chi connectivity index (χ2n) is 9.75. The maximum atomic E-state index is 14.5. The molecule has 0 aliphatic carbocycles. The molecule has 2 aromatic carbocycles. The Morgan fingerprint density at radius 3 is 2.10 bits per heavy atom. The Kier molecular flexibility index (Phi) is 7.68. The zero-order valence-electron chi connectivity index (χ0n) is 23.4. The molecule has 0 spiro atoms. The van der Waals surface area contributed by atoms with Crippen molar-refractivity contribution in [3.05, 3.63) is 71.4 Å². The summed E-state index contributed by atoms with van der Waals surface area (Å²) in [5, 5.41) is 0. The summed E-state index contributed by atoms with van der Waals surface area (Å²) in [6.45, 7) is 2.38. The first-order chi connectivity index (χ1) is 19.4. The molecule has 3 aromatic rings. The van der Waals surface area contributed by atoms with E-state index in [1.807, 2.05) is 35.2 Å². The van der Waals surface area contributed by atoms with Crippen LogP contribution in [0.15, 0.2) is 54.7 Å². The molecule has 5 rings (SSSR count). The van der Waals surface area contributed by atoms with Crippen molar-refractivity contribution in [1.29, 1.82) is 0 Å².